The van der Waals surface area contributed by atoms with Crippen molar-refractivity contribution in [2.45, 2.75) is 12.5 Å². The van der Waals surface area contributed by atoms with Crippen LogP contribution in [0.1, 0.15) is 6.42 Å². The fourth-order valence-electron chi connectivity index (χ4n) is 1.44. The summed E-state index contributed by atoms with van der Waals surface area (Å²) in [6.07, 6.45) is 0.639. The first-order valence-corrected chi connectivity index (χ1v) is 5.06. The maximum absolute atomic E-state index is 11.6. The van der Waals surface area contributed by atoms with E-state index in [0.29, 0.717) is 19.6 Å². The molecule has 8 nitrogen and oxygen atoms in total. The monoisotopic (exact) mass is 246 g/mol. The van der Waals surface area contributed by atoms with Gasteiger partial charge in [0.1, 0.15) is 13.1 Å². The number of aliphatic carboxylic acids is 2. The molecule has 0 aromatic heterocycles. The molecule has 1 rings (SSSR count). The highest BCUT2D eigenvalue weighted by Gasteiger charge is 2.24. The van der Waals surface area contributed by atoms with Gasteiger partial charge in [-0.15, -0.1) is 0 Å². The molecule has 1 unspecified atom stereocenters. The van der Waals surface area contributed by atoms with Gasteiger partial charge in [0.25, 0.3) is 0 Å². The van der Waals surface area contributed by atoms with E-state index in [1.54, 1.807) is 0 Å². The minimum absolute atomic E-state index is 0.187. The van der Waals surface area contributed by atoms with E-state index in [0.717, 1.165) is 4.90 Å². The molecular weight excluding hydrogens is 232 g/mol. The van der Waals surface area contributed by atoms with Crippen LogP contribution in [0.4, 0.5) is 4.79 Å². The van der Waals surface area contributed by atoms with Gasteiger partial charge in [-0.3, -0.25) is 9.59 Å². The van der Waals surface area contributed by atoms with Gasteiger partial charge in [0.2, 0.25) is 0 Å². The standard InChI is InChI=1S/C9H14N2O6/c12-7(13)3-11(4-8(14)15)9(16)10-6-1-2-17-5-6/h6H,1-5H2,(H,10,16)(H,12,13)(H,14,15). The Morgan fingerprint density at radius 2 is 1.82 bits per heavy atom. The normalized spacial score (nSPS) is 18.7. The summed E-state index contributed by atoms with van der Waals surface area (Å²) in [7, 11) is 0. The first-order chi connectivity index (χ1) is 7.99. The molecule has 0 aromatic rings. The third-order valence-corrected chi connectivity index (χ3v) is 2.20. The molecule has 1 atom stereocenters. The van der Waals surface area contributed by atoms with Crippen molar-refractivity contribution in [1.29, 1.82) is 0 Å². The lowest BCUT2D eigenvalue weighted by atomic mass is 10.3. The molecule has 2 amide bonds. The minimum Gasteiger partial charge on any atom is -0.480 e. The molecular formula is C9H14N2O6. The Kier molecular flexibility index (Phi) is 4.70. The zero-order valence-corrected chi connectivity index (χ0v) is 9.09. The van der Waals surface area contributed by atoms with E-state index < -0.39 is 31.1 Å². The first kappa shape index (κ1) is 13.2. The molecule has 96 valence electrons. The number of ether oxygens (including phenoxy) is 1. The number of carboxylic acid groups (broad SMARTS) is 2. The number of urea groups is 1. The molecule has 0 aliphatic carbocycles. The Hall–Kier alpha value is -1.83. The quantitative estimate of drug-likeness (QED) is 0.570. The molecule has 0 radical (unpaired) electrons. The highest BCUT2D eigenvalue weighted by Crippen LogP contribution is 2.04. The zero-order chi connectivity index (χ0) is 12.8. The van der Waals surface area contributed by atoms with E-state index >= 15 is 0 Å². The second kappa shape index (κ2) is 6.04. The summed E-state index contributed by atoms with van der Waals surface area (Å²) in [5.41, 5.74) is 0. The number of rotatable bonds is 5. The van der Waals surface area contributed by atoms with Crippen LogP contribution in [0.2, 0.25) is 0 Å². The number of carboxylic acids is 2. The van der Waals surface area contributed by atoms with Crippen molar-refractivity contribution in [3.05, 3.63) is 0 Å². The minimum atomic E-state index is -1.26. The smallest absolute Gasteiger partial charge is 0.323 e. The van der Waals surface area contributed by atoms with Gasteiger partial charge in [0.05, 0.1) is 12.6 Å². The Morgan fingerprint density at radius 3 is 2.24 bits per heavy atom. The van der Waals surface area contributed by atoms with Crippen molar-refractivity contribution in [1.82, 2.24) is 10.2 Å². The third-order valence-electron chi connectivity index (χ3n) is 2.20. The summed E-state index contributed by atoms with van der Waals surface area (Å²) in [5.74, 6) is -2.52. The number of nitrogens with one attached hydrogen (secondary N) is 1. The van der Waals surface area contributed by atoms with Crippen LogP contribution in [-0.2, 0) is 14.3 Å². The fourth-order valence-corrected chi connectivity index (χ4v) is 1.44. The van der Waals surface area contributed by atoms with Crippen LogP contribution in [0.15, 0.2) is 0 Å². The lowest BCUT2D eigenvalue weighted by molar-refractivity contribution is -0.140. The van der Waals surface area contributed by atoms with Crippen LogP contribution in [0.25, 0.3) is 0 Å². The first-order valence-electron chi connectivity index (χ1n) is 5.06. The molecule has 1 fully saturated rings. The lowest BCUT2D eigenvalue weighted by Crippen LogP contribution is -2.48. The molecule has 17 heavy (non-hydrogen) atoms. The second-order valence-electron chi connectivity index (χ2n) is 3.65. The molecule has 1 heterocycles. The number of amides is 2. The highest BCUT2D eigenvalue weighted by atomic mass is 16.5. The van der Waals surface area contributed by atoms with Gasteiger partial charge in [0.15, 0.2) is 0 Å². The Labute approximate surface area is 97.1 Å². The number of hydrogen-bond donors (Lipinski definition) is 3. The maximum Gasteiger partial charge on any atom is 0.323 e. The highest BCUT2D eigenvalue weighted by molar-refractivity contribution is 5.84. The summed E-state index contributed by atoms with van der Waals surface area (Å²) in [6, 6.07) is -0.891. The molecule has 1 aliphatic rings. The van der Waals surface area contributed by atoms with Gasteiger partial charge >= 0.3 is 18.0 Å². The number of carbonyl (C=O) groups excluding carboxylic acids is 1. The SMILES string of the molecule is O=C(O)CN(CC(=O)O)C(=O)NC1CCOC1. The number of hydrogen-bond acceptors (Lipinski definition) is 4. The molecule has 0 bridgehead atoms. The van der Waals surface area contributed by atoms with Gasteiger partial charge in [-0.2, -0.15) is 0 Å². The van der Waals surface area contributed by atoms with Crippen molar-refractivity contribution >= 4 is 18.0 Å². The van der Waals surface area contributed by atoms with Crippen LogP contribution in [-0.4, -0.2) is 65.4 Å². The van der Waals surface area contributed by atoms with Gasteiger partial charge in [-0.1, -0.05) is 0 Å². The summed E-state index contributed by atoms with van der Waals surface area (Å²) < 4.78 is 5.03. The predicted molar refractivity (Wildman–Crippen MR) is 54.6 cm³/mol. The van der Waals surface area contributed by atoms with E-state index in [1.165, 1.54) is 0 Å². The number of nitrogens with zero attached hydrogens (tertiary/aromatic N) is 1. The molecule has 1 saturated heterocycles. The van der Waals surface area contributed by atoms with Crippen molar-refractivity contribution in [3.63, 3.8) is 0 Å². The average molecular weight is 246 g/mol. The van der Waals surface area contributed by atoms with Crippen molar-refractivity contribution in [2.24, 2.45) is 0 Å². The van der Waals surface area contributed by atoms with Crippen LogP contribution >= 0.6 is 0 Å². The van der Waals surface area contributed by atoms with Crippen LogP contribution in [0.5, 0.6) is 0 Å². The molecule has 3 N–H and O–H groups in total. The Balaban J connectivity index is 2.51. The summed E-state index contributed by atoms with van der Waals surface area (Å²) in [4.78, 5) is 33.3. The zero-order valence-electron chi connectivity index (χ0n) is 9.09. The van der Waals surface area contributed by atoms with Gasteiger partial charge in [0, 0.05) is 6.61 Å². The Morgan fingerprint density at radius 1 is 1.24 bits per heavy atom. The summed E-state index contributed by atoms with van der Waals surface area (Å²) in [6.45, 7) is -0.403. The topological polar surface area (TPSA) is 116 Å². The lowest BCUT2D eigenvalue weighted by Gasteiger charge is -2.21. The van der Waals surface area contributed by atoms with Crippen molar-refractivity contribution in [3.8, 4) is 0 Å². The van der Waals surface area contributed by atoms with Crippen LogP contribution < -0.4 is 5.32 Å². The van der Waals surface area contributed by atoms with E-state index in [2.05, 4.69) is 5.32 Å². The predicted octanol–water partition coefficient (Wildman–Crippen LogP) is -1.04. The molecule has 0 aromatic carbocycles. The van der Waals surface area contributed by atoms with Crippen LogP contribution in [0, 0.1) is 0 Å². The molecule has 0 spiro atoms. The third kappa shape index (κ3) is 4.68. The summed E-state index contributed by atoms with van der Waals surface area (Å²) in [5, 5.41) is 19.7. The molecule has 0 saturated carbocycles. The van der Waals surface area contributed by atoms with E-state index in [4.69, 9.17) is 14.9 Å². The van der Waals surface area contributed by atoms with Crippen molar-refractivity contribution < 1.29 is 29.3 Å². The van der Waals surface area contributed by atoms with Gasteiger partial charge in [-0.05, 0) is 6.42 Å². The van der Waals surface area contributed by atoms with Gasteiger partial charge < -0.3 is 25.2 Å². The molecule has 1 aliphatic heterocycles. The van der Waals surface area contributed by atoms with Gasteiger partial charge in [-0.25, -0.2) is 4.79 Å². The maximum atomic E-state index is 11.6. The fraction of sp³-hybridized carbons (Fsp3) is 0.667. The van der Waals surface area contributed by atoms with E-state index in [1.807, 2.05) is 0 Å². The van der Waals surface area contributed by atoms with E-state index in [-0.39, 0.29) is 6.04 Å². The second-order valence-corrected chi connectivity index (χ2v) is 3.65. The largest absolute Gasteiger partial charge is 0.480 e. The van der Waals surface area contributed by atoms with Crippen molar-refractivity contribution in [2.75, 3.05) is 26.3 Å². The molecule has 8 heteroatoms. The average Bonchev–Trinajstić information content (AvgIpc) is 2.67. The van der Waals surface area contributed by atoms with Crippen LogP contribution in [0.3, 0.4) is 0 Å². The number of carbonyl (C=O) groups is 3. The summed E-state index contributed by atoms with van der Waals surface area (Å²) >= 11 is 0. The Bertz CT molecular complexity index is 297. The van der Waals surface area contributed by atoms with E-state index in [9.17, 15) is 14.4 Å².